The number of nitrogens with zero attached hydrogens (tertiary/aromatic N) is 2. The second-order valence-corrected chi connectivity index (χ2v) is 7.36. The van der Waals surface area contributed by atoms with E-state index >= 15 is 0 Å². The van der Waals surface area contributed by atoms with E-state index in [1.807, 2.05) is 6.07 Å². The first-order chi connectivity index (χ1) is 14.6. The highest BCUT2D eigenvalue weighted by Crippen LogP contribution is 2.18. The van der Waals surface area contributed by atoms with Gasteiger partial charge in [0.05, 0.1) is 36.1 Å². The van der Waals surface area contributed by atoms with Crippen LogP contribution < -0.4 is 10.9 Å². The number of amides is 1. The summed E-state index contributed by atoms with van der Waals surface area (Å²) < 4.78 is 11.7. The Bertz CT molecular complexity index is 1060. The van der Waals surface area contributed by atoms with E-state index in [2.05, 4.69) is 10.3 Å². The number of hydrogen-bond donors (Lipinski definition) is 1. The van der Waals surface area contributed by atoms with Gasteiger partial charge in [-0.15, -0.1) is 0 Å². The lowest BCUT2D eigenvalue weighted by Gasteiger charge is -2.13. The minimum Gasteiger partial charge on any atom is -0.467 e. The van der Waals surface area contributed by atoms with Gasteiger partial charge in [-0.25, -0.2) is 4.98 Å². The van der Waals surface area contributed by atoms with Crippen molar-refractivity contribution in [2.45, 2.75) is 38.0 Å². The molecule has 0 bridgehead atoms. The van der Waals surface area contributed by atoms with Gasteiger partial charge in [-0.2, -0.15) is 0 Å². The number of rotatable bonds is 10. The van der Waals surface area contributed by atoms with E-state index in [0.29, 0.717) is 47.9 Å². The van der Waals surface area contributed by atoms with Crippen LogP contribution in [0.15, 0.2) is 57.0 Å². The number of thioether (sulfide) groups is 1. The number of furan rings is 1. The molecule has 2 aromatic heterocycles. The molecule has 0 unspecified atom stereocenters. The number of ether oxygens (including phenoxy) is 1. The van der Waals surface area contributed by atoms with Gasteiger partial charge in [-0.05, 0) is 37.6 Å². The molecule has 1 N–H and O–H groups in total. The number of carbonyl (C=O) groups excluding carboxylic acids is 2. The molecule has 0 aliphatic rings. The lowest BCUT2D eigenvalue weighted by Crippen LogP contribution is -2.26. The molecule has 0 radical (unpaired) electrons. The van der Waals surface area contributed by atoms with Crippen LogP contribution in [0.25, 0.3) is 10.9 Å². The zero-order valence-corrected chi connectivity index (χ0v) is 17.4. The maximum Gasteiger partial charge on any atom is 0.316 e. The molecule has 0 saturated heterocycles. The van der Waals surface area contributed by atoms with E-state index < -0.39 is 0 Å². The highest BCUT2D eigenvalue weighted by atomic mass is 32.2. The molecule has 9 heteroatoms. The standard InChI is InChI=1S/C21H23N3O5S/c1-2-28-19(26)14-30-21-23-17-9-4-3-8-16(17)20(27)24(21)11-5-10-18(25)22-13-15-7-6-12-29-15/h3-4,6-9,12H,2,5,10-11,13-14H2,1H3,(H,22,25). The molecule has 1 aromatic carbocycles. The van der Waals surface area contributed by atoms with E-state index in [9.17, 15) is 14.4 Å². The second-order valence-electron chi connectivity index (χ2n) is 6.42. The molecular formula is C21H23N3O5S. The first-order valence-electron chi connectivity index (χ1n) is 9.65. The van der Waals surface area contributed by atoms with Gasteiger partial charge < -0.3 is 14.5 Å². The first kappa shape index (κ1) is 21.6. The van der Waals surface area contributed by atoms with Crippen LogP contribution in [0.1, 0.15) is 25.5 Å². The summed E-state index contributed by atoms with van der Waals surface area (Å²) in [5.41, 5.74) is 0.379. The maximum atomic E-state index is 13.0. The molecule has 8 nitrogen and oxygen atoms in total. The normalized spacial score (nSPS) is 10.8. The summed E-state index contributed by atoms with van der Waals surface area (Å²) >= 11 is 1.16. The molecular weight excluding hydrogens is 406 g/mol. The Morgan fingerprint density at radius 1 is 1.23 bits per heavy atom. The smallest absolute Gasteiger partial charge is 0.316 e. The van der Waals surface area contributed by atoms with Crippen molar-refractivity contribution in [2.75, 3.05) is 12.4 Å². The van der Waals surface area contributed by atoms with Crippen molar-refractivity contribution in [3.63, 3.8) is 0 Å². The minimum atomic E-state index is -0.367. The van der Waals surface area contributed by atoms with Gasteiger partial charge in [0.25, 0.3) is 5.56 Å². The van der Waals surface area contributed by atoms with Crippen LogP contribution >= 0.6 is 11.8 Å². The third-order valence-corrected chi connectivity index (χ3v) is 5.23. The van der Waals surface area contributed by atoms with Gasteiger partial charge >= 0.3 is 5.97 Å². The Morgan fingerprint density at radius 2 is 2.07 bits per heavy atom. The van der Waals surface area contributed by atoms with E-state index in [-0.39, 0.29) is 29.6 Å². The Kier molecular flexibility index (Phi) is 7.67. The highest BCUT2D eigenvalue weighted by molar-refractivity contribution is 7.99. The first-order valence-corrected chi connectivity index (χ1v) is 10.6. The number of nitrogens with one attached hydrogen (secondary N) is 1. The SMILES string of the molecule is CCOC(=O)CSc1nc2ccccc2c(=O)n1CCCC(=O)NCc1ccco1. The number of benzene rings is 1. The third kappa shape index (κ3) is 5.73. The Balaban J connectivity index is 1.68. The number of carbonyl (C=O) groups is 2. The van der Waals surface area contributed by atoms with E-state index in [1.54, 1.807) is 43.5 Å². The molecule has 0 atom stereocenters. The van der Waals surface area contributed by atoms with Crippen molar-refractivity contribution < 1.29 is 18.7 Å². The van der Waals surface area contributed by atoms with Gasteiger partial charge in [0.1, 0.15) is 5.76 Å². The van der Waals surface area contributed by atoms with Crippen LogP contribution in [0.3, 0.4) is 0 Å². The van der Waals surface area contributed by atoms with Crippen molar-refractivity contribution in [1.82, 2.24) is 14.9 Å². The summed E-state index contributed by atoms with van der Waals surface area (Å²) in [4.78, 5) is 41.3. The minimum absolute atomic E-state index is 0.0578. The topological polar surface area (TPSA) is 103 Å². The summed E-state index contributed by atoms with van der Waals surface area (Å²) in [5.74, 6) is 0.237. The monoisotopic (exact) mass is 429 g/mol. The number of aromatic nitrogens is 2. The van der Waals surface area contributed by atoms with Crippen LogP contribution in [0.2, 0.25) is 0 Å². The van der Waals surface area contributed by atoms with Crippen LogP contribution in [-0.4, -0.2) is 33.8 Å². The van der Waals surface area contributed by atoms with Crippen LogP contribution in [0.5, 0.6) is 0 Å². The summed E-state index contributed by atoms with van der Waals surface area (Å²) in [5, 5.41) is 3.72. The quantitative estimate of drug-likeness (QED) is 0.300. The second kappa shape index (κ2) is 10.6. The average molecular weight is 429 g/mol. The Labute approximate surface area is 177 Å². The van der Waals surface area contributed by atoms with E-state index in [4.69, 9.17) is 9.15 Å². The van der Waals surface area contributed by atoms with Crippen LogP contribution in [0.4, 0.5) is 0 Å². The fraction of sp³-hybridized carbons (Fsp3) is 0.333. The molecule has 1 amide bonds. The zero-order chi connectivity index (χ0) is 21.3. The zero-order valence-electron chi connectivity index (χ0n) is 16.6. The summed E-state index contributed by atoms with van der Waals surface area (Å²) in [6, 6.07) is 10.6. The average Bonchev–Trinajstić information content (AvgIpc) is 3.26. The number of fused-ring (bicyclic) bond motifs is 1. The molecule has 0 fully saturated rings. The van der Waals surface area contributed by atoms with Crippen molar-refractivity contribution >= 4 is 34.5 Å². The number of hydrogen-bond acceptors (Lipinski definition) is 7. The summed E-state index contributed by atoms with van der Waals surface area (Å²) in [6.45, 7) is 2.67. The maximum absolute atomic E-state index is 13.0. The summed E-state index contributed by atoms with van der Waals surface area (Å²) in [7, 11) is 0. The predicted octanol–water partition coefficient (Wildman–Crippen LogP) is 2.74. The fourth-order valence-corrected chi connectivity index (χ4v) is 3.69. The van der Waals surface area contributed by atoms with Gasteiger partial charge in [-0.1, -0.05) is 23.9 Å². The van der Waals surface area contributed by atoms with Gasteiger partial charge in [0, 0.05) is 13.0 Å². The molecule has 2 heterocycles. The summed E-state index contributed by atoms with van der Waals surface area (Å²) in [6.07, 6.45) is 2.26. The molecule has 0 aliphatic heterocycles. The highest BCUT2D eigenvalue weighted by Gasteiger charge is 2.14. The fourth-order valence-electron chi connectivity index (χ4n) is 2.87. The Morgan fingerprint density at radius 3 is 2.83 bits per heavy atom. The molecule has 3 rings (SSSR count). The van der Waals surface area contributed by atoms with Crippen molar-refractivity contribution in [2.24, 2.45) is 0 Å². The van der Waals surface area contributed by atoms with Crippen LogP contribution in [0, 0.1) is 0 Å². The molecule has 158 valence electrons. The van der Waals surface area contributed by atoms with Crippen molar-refractivity contribution in [3.05, 3.63) is 58.8 Å². The number of esters is 1. The molecule has 0 aliphatic carbocycles. The lowest BCUT2D eigenvalue weighted by atomic mass is 10.2. The van der Waals surface area contributed by atoms with Crippen molar-refractivity contribution in [3.8, 4) is 0 Å². The van der Waals surface area contributed by atoms with Gasteiger partial charge in [-0.3, -0.25) is 19.0 Å². The Hall–Kier alpha value is -3.07. The van der Waals surface area contributed by atoms with Crippen molar-refractivity contribution in [1.29, 1.82) is 0 Å². The molecule has 3 aromatic rings. The predicted molar refractivity (Wildman–Crippen MR) is 113 cm³/mol. The largest absolute Gasteiger partial charge is 0.467 e. The molecule has 30 heavy (non-hydrogen) atoms. The van der Waals surface area contributed by atoms with E-state index in [0.717, 1.165) is 11.8 Å². The van der Waals surface area contributed by atoms with Gasteiger partial charge in [0.2, 0.25) is 5.91 Å². The lowest BCUT2D eigenvalue weighted by molar-refractivity contribution is -0.139. The van der Waals surface area contributed by atoms with Crippen LogP contribution in [-0.2, 0) is 27.4 Å². The third-order valence-electron chi connectivity index (χ3n) is 4.28. The molecule has 0 spiro atoms. The van der Waals surface area contributed by atoms with Gasteiger partial charge in [0.15, 0.2) is 5.16 Å². The number of para-hydroxylation sites is 1. The molecule has 0 saturated carbocycles. The van der Waals surface area contributed by atoms with E-state index in [1.165, 1.54) is 4.57 Å².